The van der Waals surface area contributed by atoms with Crippen molar-refractivity contribution in [2.75, 3.05) is 0 Å². The van der Waals surface area contributed by atoms with Crippen molar-refractivity contribution >= 4 is 0 Å². The Kier molecular flexibility index (Phi) is 4.33. The summed E-state index contributed by atoms with van der Waals surface area (Å²) in [7, 11) is 0. The van der Waals surface area contributed by atoms with E-state index in [-0.39, 0.29) is 0 Å². The summed E-state index contributed by atoms with van der Waals surface area (Å²) in [6, 6.07) is 35.8. The van der Waals surface area contributed by atoms with Gasteiger partial charge in [-0.3, -0.25) is 0 Å². The van der Waals surface area contributed by atoms with Crippen LogP contribution in [0.1, 0.15) is 54.5 Å². The highest BCUT2D eigenvalue weighted by Gasteiger charge is 2.58. The van der Waals surface area contributed by atoms with Crippen LogP contribution in [0.4, 0.5) is 0 Å². The van der Waals surface area contributed by atoms with E-state index in [9.17, 15) is 0 Å². The molecule has 2 aliphatic rings. The number of hydrogen-bond acceptors (Lipinski definition) is 0. The molecule has 0 aliphatic carbocycles. The fourth-order valence-corrected chi connectivity index (χ4v) is 6.02. The maximum absolute atomic E-state index is 2.36. The Bertz CT molecular complexity index is 820. The van der Waals surface area contributed by atoms with Gasteiger partial charge in [-0.15, -0.1) is 0 Å². The lowest BCUT2D eigenvalue weighted by Gasteiger charge is -2.46. The number of benzene rings is 3. The highest BCUT2D eigenvalue weighted by Crippen LogP contribution is 2.58. The maximum atomic E-state index is 2.36. The van der Waals surface area contributed by atoms with E-state index in [0.29, 0.717) is 12.1 Å². The van der Waals surface area contributed by atoms with Crippen molar-refractivity contribution in [3.05, 3.63) is 108 Å². The van der Waals surface area contributed by atoms with Crippen molar-refractivity contribution in [1.82, 2.24) is 0 Å². The highest BCUT2D eigenvalue weighted by molar-refractivity contribution is 5.23. The fourth-order valence-electron chi connectivity index (χ4n) is 6.02. The molecule has 0 bridgehead atoms. The molecule has 2 aliphatic heterocycles. The second kappa shape index (κ2) is 6.98. The van der Waals surface area contributed by atoms with E-state index in [0.717, 1.165) is 12.6 Å². The first-order chi connectivity index (χ1) is 13.4. The molecule has 27 heavy (non-hydrogen) atoms. The zero-order chi connectivity index (χ0) is 18.1. The Balaban J connectivity index is 1.64. The van der Waals surface area contributed by atoms with Crippen LogP contribution in [0.25, 0.3) is 0 Å². The van der Waals surface area contributed by atoms with Crippen molar-refractivity contribution in [3.63, 3.8) is 0 Å². The van der Waals surface area contributed by atoms with Crippen LogP contribution in [-0.4, -0.2) is 10.5 Å². The molecule has 1 nitrogen and oxygen atoms in total. The lowest BCUT2D eigenvalue weighted by Crippen LogP contribution is -2.50. The van der Waals surface area contributed by atoms with Crippen LogP contribution >= 0.6 is 0 Å². The van der Waals surface area contributed by atoms with E-state index in [1.807, 2.05) is 0 Å². The summed E-state index contributed by atoms with van der Waals surface area (Å²) in [5.41, 5.74) is 4.53. The van der Waals surface area contributed by atoms with Gasteiger partial charge < -0.3 is 4.48 Å². The van der Waals surface area contributed by atoms with E-state index in [1.165, 1.54) is 46.9 Å². The highest BCUT2D eigenvalue weighted by atomic mass is 15.5. The molecule has 0 aromatic heterocycles. The van der Waals surface area contributed by atoms with Gasteiger partial charge in [0.1, 0.15) is 18.6 Å². The molecule has 0 radical (unpaired) electrons. The Hall–Kier alpha value is -2.38. The molecule has 2 fully saturated rings. The van der Waals surface area contributed by atoms with Crippen LogP contribution in [0.2, 0.25) is 0 Å². The number of hydrogen-bond donors (Lipinski definition) is 0. The molecule has 0 spiro atoms. The molecule has 2 atom stereocenters. The summed E-state index contributed by atoms with van der Waals surface area (Å²) in [4.78, 5) is 0. The average molecular weight is 355 g/mol. The normalized spacial score (nSPS) is 29.6. The van der Waals surface area contributed by atoms with Crippen molar-refractivity contribution in [1.29, 1.82) is 0 Å². The maximum Gasteiger partial charge on any atom is 0.116 e. The van der Waals surface area contributed by atoms with Crippen LogP contribution in [0.3, 0.4) is 0 Å². The largest absolute Gasteiger partial charge is 0.305 e. The van der Waals surface area contributed by atoms with E-state index >= 15 is 0 Å². The minimum absolute atomic E-state index is 0.601. The van der Waals surface area contributed by atoms with Crippen molar-refractivity contribution < 1.29 is 4.48 Å². The predicted octanol–water partition coefficient (Wildman–Crippen LogP) is 6.44. The predicted molar refractivity (Wildman–Crippen MR) is 111 cm³/mol. The first kappa shape index (κ1) is 16.8. The molecule has 0 unspecified atom stereocenters. The van der Waals surface area contributed by atoms with Crippen LogP contribution in [-0.2, 0) is 6.54 Å². The standard InChI is InChI=1S/C26H28N/c1-4-10-21(11-5-1)20-27-24(16-18-25(27)22-12-6-2-7-13-22)17-19-26(27)23-14-8-3-9-15-23/h1-15,24-26H,16-20H2/q+1/t24?,25-,26-,27?/m0/s1. The van der Waals surface area contributed by atoms with Crippen molar-refractivity contribution in [2.24, 2.45) is 0 Å². The second-order valence-corrected chi connectivity index (χ2v) is 8.30. The summed E-state index contributed by atoms with van der Waals surface area (Å²) in [5, 5.41) is 0. The van der Waals surface area contributed by atoms with Gasteiger partial charge in [-0.05, 0) is 0 Å². The Morgan fingerprint density at radius 3 is 1.48 bits per heavy atom. The van der Waals surface area contributed by atoms with E-state index in [2.05, 4.69) is 91.0 Å². The van der Waals surface area contributed by atoms with Gasteiger partial charge in [0.2, 0.25) is 0 Å². The monoisotopic (exact) mass is 354 g/mol. The van der Waals surface area contributed by atoms with Crippen LogP contribution in [0.15, 0.2) is 91.0 Å². The summed E-state index contributed by atoms with van der Waals surface area (Å²) in [5.74, 6) is 0. The van der Waals surface area contributed by atoms with E-state index < -0.39 is 0 Å². The van der Waals surface area contributed by atoms with Gasteiger partial charge in [0.05, 0.1) is 6.04 Å². The quantitative estimate of drug-likeness (QED) is 0.473. The van der Waals surface area contributed by atoms with E-state index in [1.54, 1.807) is 0 Å². The van der Waals surface area contributed by atoms with Gasteiger partial charge >= 0.3 is 0 Å². The molecular formula is C26H28N+. The smallest absolute Gasteiger partial charge is 0.116 e. The molecule has 3 aromatic rings. The molecule has 0 saturated carbocycles. The lowest BCUT2D eigenvalue weighted by molar-refractivity contribution is -0.994. The summed E-state index contributed by atoms with van der Waals surface area (Å²) >= 11 is 0. The molecule has 1 heteroatoms. The molecule has 3 aromatic carbocycles. The minimum Gasteiger partial charge on any atom is -0.305 e. The molecular weight excluding hydrogens is 326 g/mol. The van der Waals surface area contributed by atoms with Crippen molar-refractivity contribution in [2.45, 2.75) is 50.4 Å². The van der Waals surface area contributed by atoms with Gasteiger partial charge in [-0.25, -0.2) is 0 Å². The molecule has 0 amide bonds. The molecule has 5 rings (SSSR count). The van der Waals surface area contributed by atoms with Gasteiger partial charge in [0, 0.05) is 42.4 Å². The number of fused-ring (bicyclic) bond motifs is 1. The third-order valence-electron chi connectivity index (χ3n) is 7.05. The van der Waals surface area contributed by atoms with Gasteiger partial charge in [-0.1, -0.05) is 91.0 Å². The SMILES string of the molecule is c1ccc(C[N+]23C(CC[C@H]2c2ccccc2)CC[C@H]3c2ccccc2)cc1. The summed E-state index contributed by atoms with van der Waals surface area (Å²) in [6.07, 6.45) is 5.33. The molecule has 136 valence electrons. The molecule has 2 heterocycles. The van der Waals surface area contributed by atoms with Crippen LogP contribution in [0.5, 0.6) is 0 Å². The van der Waals surface area contributed by atoms with E-state index in [4.69, 9.17) is 0 Å². The first-order valence-corrected chi connectivity index (χ1v) is 10.4. The molecule has 2 saturated heterocycles. The van der Waals surface area contributed by atoms with Crippen LogP contribution < -0.4 is 0 Å². The van der Waals surface area contributed by atoms with Gasteiger partial charge in [0.15, 0.2) is 0 Å². The lowest BCUT2D eigenvalue weighted by atomic mass is 9.95. The number of rotatable bonds is 4. The third-order valence-corrected chi connectivity index (χ3v) is 7.05. The average Bonchev–Trinajstić information content (AvgIpc) is 3.26. The first-order valence-electron chi connectivity index (χ1n) is 10.4. The summed E-state index contributed by atoms with van der Waals surface area (Å²) < 4.78 is 1.22. The Morgan fingerprint density at radius 1 is 0.556 bits per heavy atom. The molecule has 0 N–H and O–H groups in total. The third kappa shape index (κ3) is 2.82. The Morgan fingerprint density at radius 2 is 1.00 bits per heavy atom. The zero-order valence-electron chi connectivity index (χ0n) is 15.9. The van der Waals surface area contributed by atoms with Crippen LogP contribution in [0, 0.1) is 0 Å². The number of quaternary nitrogens is 1. The second-order valence-electron chi connectivity index (χ2n) is 8.30. The topological polar surface area (TPSA) is 0 Å². The van der Waals surface area contributed by atoms with Crippen molar-refractivity contribution in [3.8, 4) is 0 Å². The zero-order valence-corrected chi connectivity index (χ0v) is 15.9. The number of nitrogens with zero attached hydrogens (tertiary/aromatic N) is 1. The summed E-state index contributed by atoms with van der Waals surface area (Å²) in [6.45, 7) is 1.14. The fraction of sp³-hybridized carbons (Fsp3) is 0.308. The van der Waals surface area contributed by atoms with Gasteiger partial charge in [0.25, 0.3) is 0 Å². The minimum atomic E-state index is 0.601. The van der Waals surface area contributed by atoms with Gasteiger partial charge in [-0.2, -0.15) is 0 Å². The Labute approximate surface area is 162 Å².